The summed E-state index contributed by atoms with van der Waals surface area (Å²) in [6, 6.07) is 13.6. The molecule has 1 heterocycles. The minimum absolute atomic E-state index is 0.141. The van der Waals surface area contributed by atoms with Crippen LogP contribution in [0.3, 0.4) is 0 Å². The number of nitrogens with one attached hydrogen (secondary N) is 1. The second kappa shape index (κ2) is 5.23. The fraction of sp³-hybridized carbons (Fsp3) is 0.263. The van der Waals surface area contributed by atoms with Crippen molar-refractivity contribution >= 4 is 11.4 Å². The number of hydrogen-bond donors (Lipinski definition) is 1. The van der Waals surface area contributed by atoms with Crippen molar-refractivity contribution in [2.75, 3.05) is 5.32 Å². The molecule has 1 aliphatic carbocycles. The van der Waals surface area contributed by atoms with Crippen LogP contribution in [-0.2, 0) is 0 Å². The van der Waals surface area contributed by atoms with Crippen LogP contribution in [0.2, 0.25) is 0 Å². The van der Waals surface area contributed by atoms with Crippen LogP contribution >= 0.6 is 0 Å². The van der Waals surface area contributed by atoms with Gasteiger partial charge in [0.25, 0.3) is 5.69 Å². The Kier molecular flexibility index (Phi) is 3.18. The second-order valence-corrected chi connectivity index (χ2v) is 6.36. The molecule has 116 valence electrons. The van der Waals surface area contributed by atoms with E-state index in [9.17, 15) is 10.1 Å². The minimum atomic E-state index is -0.350. The molecule has 1 N–H and O–H groups in total. The molecule has 2 aromatic rings. The lowest BCUT2D eigenvalue weighted by Gasteiger charge is -2.38. The Hall–Kier alpha value is -2.62. The zero-order chi connectivity index (χ0) is 16.0. The van der Waals surface area contributed by atoms with Crippen LogP contribution in [-0.4, -0.2) is 4.92 Å². The monoisotopic (exact) mass is 306 g/mol. The summed E-state index contributed by atoms with van der Waals surface area (Å²) in [5, 5.41) is 14.6. The highest BCUT2D eigenvalue weighted by Gasteiger charge is 2.38. The molecule has 0 radical (unpaired) electrons. The van der Waals surface area contributed by atoms with Gasteiger partial charge in [0.05, 0.1) is 11.0 Å². The number of nitro groups is 1. The molecule has 2 aromatic carbocycles. The Morgan fingerprint density at radius 2 is 1.96 bits per heavy atom. The minimum Gasteiger partial charge on any atom is -0.377 e. The molecule has 23 heavy (non-hydrogen) atoms. The normalized spacial score (nSPS) is 24.7. The highest BCUT2D eigenvalue weighted by molar-refractivity contribution is 5.64. The SMILES string of the molecule is Cc1cccc2c1N[C@H](c1ccc([N+](=O)[O-])cc1)[C@@H]1CC=C[C@@H]21. The number of anilines is 1. The summed E-state index contributed by atoms with van der Waals surface area (Å²) in [7, 11) is 0. The summed E-state index contributed by atoms with van der Waals surface area (Å²) in [4.78, 5) is 10.5. The Morgan fingerprint density at radius 1 is 1.17 bits per heavy atom. The number of rotatable bonds is 2. The van der Waals surface area contributed by atoms with E-state index in [1.807, 2.05) is 12.1 Å². The summed E-state index contributed by atoms with van der Waals surface area (Å²) >= 11 is 0. The van der Waals surface area contributed by atoms with Crippen LogP contribution in [0.25, 0.3) is 0 Å². The van der Waals surface area contributed by atoms with Gasteiger partial charge < -0.3 is 5.32 Å². The fourth-order valence-corrected chi connectivity index (χ4v) is 3.91. The van der Waals surface area contributed by atoms with Gasteiger partial charge in [-0.3, -0.25) is 10.1 Å². The molecule has 2 aliphatic rings. The molecule has 1 aliphatic heterocycles. The molecule has 0 amide bonds. The van der Waals surface area contributed by atoms with Crippen LogP contribution in [0.4, 0.5) is 11.4 Å². The summed E-state index contributed by atoms with van der Waals surface area (Å²) in [6.45, 7) is 2.12. The van der Waals surface area contributed by atoms with Crippen LogP contribution in [0.1, 0.15) is 35.1 Å². The molecule has 3 atom stereocenters. The smallest absolute Gasteiger partial charge is 0.269 e. The zero-order valence-corrected chi connectivity index (χ0v) is 12.9. The molecular weight excluding hydrogens is 288 g/mol. The van der Waals surface area contributed by atoms with Crippen LogP contribution < -0.4 is 5.32 Å². The lowest BCUT2D eigenvalue weighted by molar-refractivity contribution is -0.384. The molecule has 0 saturated carbocycles. The molecule has 0 spiro atoms. The van der Waals surface area contributed by atoms with Gasteiger partial charge >= 0.3 is 0 Å². The molecule has 4 rings (SSSR count). The Balaban J connectivity index is 1.75. The number of allylic oxidation sites excluding steroid dienone is 2. The van der Waals surface area contributed by atoms with Gasteiger partial charge in [0, 0.05) is 23.7 Å². The quantitative estimate of drug-likeness (QED) is 0.496. The summed E-state index contributed by atoms with van der Waals surface area (Å²) in [5.41, 5.74) is 5.07. The first kappa shape index (κ1) is 14.0. The predicted molar refractivity (Wildman–Crippen MR) is 90.6 cm³/mol. The molecule has 4 heteroatoms. The standard InChI is InChI=1S/C19H18N2O2/c1-12-4-2-6-16-15-5-3-7-17(15)19(20-18(12)16)13-8-10-14(11-9-13)21(22)23/h2-6,8-11,15,17,19-20H,7H2,1H3/t15-,17+,19+/m0/s1. The number of hydrogen-bond acceptors (Lipinski definition) is 3. The van der Waals surface area contributed by atoms with Gasteiger partial charge in [0.15, 0.2) is 0 Å². The van der Waals surface area contributed by atoms with Gasteiger partial charge in [-0.1, -0.05) is 42.5 Å². The highest BCUT2D eigenvalue weighted by Crippen LogP contribution is 2.50. The number of nitro benzene ring substituents is 1. The molecule has 0 fully saturated rings. The van der Waals surface area contributed by atoms with Crippen molar-refractivity contribution in [3.63, 3.8) is 0 Å². The molecule has 0 unspecified atom stereocenters. The van der Waals surface area contributed by atoms with Crippen molar-refractivity contribution in [3.05, 3.63) is 81.4 Å². The van der Waals surface area contributed by atoms with E-state index >= 15 is 0 Å². The van der Waals surface area contributed by atoms with Gasteiger partial charge in [-0.15, -0.1) is 0 Å². The molecule has 0 bridgehead atoms. The van der Waals surface area contributed by atoms with Gasteiger partial charge in [-0.25, -0.2) is 0 Å². The third-order valence-corrected chi connectivity index (χ3v) is 5.07. The second-order valence-electron chi connectivity index (χ2n) is 6.36. The highest BCUT2D eigenvalue weighted by atomic mass is 16.6. The van der Waals surface area contributed by atoms with Crippen molar-refractivity contribution < 1.29 is 4.92 Å². The number of non-ortho nitro benzene ring substituents is 1. The molecule has 4 nitrogen and oxygen atoms in total. The average molecular weight is 306 g/mol. The molecule has 0 aromatic heterocycles. The first-order valence-electron chi connectivity index (χ1n) is 7.92. The maximum atomic E-state index is 10.9. The lowest BCUT2D eigenvalue weighted by atomic mass is 9.76. The van der Waals surface area contributed by atoms with Crippen molar-refractivity contribution in [2.45, 2.75) is 25.3 Å². The number of fused-ring (bicyclic) bond motifs is 3. The average Bonchev–Trinajstić information content (AvgIpc) is 3.04. The third kappa shape index (κ3) is 2.22. The number of nitrogens with zero attached hydrogens (tertiary/aromatic N) is 1. The maximum Gasteiger partial charge on any atom is 0.269 e. The van der Waals surface area contributed by atoms with E-state index in [4.69, 9.17) is 0 Å². The topological polar surface area (TPSA) is 55.2 Å². The largest absolute Gasteiger partial charge is 0.377 e. The first-order valence-corrected chi connectivity index (χ1v) is 7.92. The van der Waals surface area contributed by atoms with Crippen LogP contribution in [0.15, 0.2) is 54.6 Å². The molecule has 0 saturated heterocycles. The van der Waals surface area contributed by atoms with E-state index in [2.05, 4.69) is 42.6 Å². The van der Waals surface area contributed by atoms with Gasteiger partial charge in [-0.05, 0) is 36.0 Å². The fourth-order valence-electron chi connectivity index (χ4n) is 3.91. The zero-order valence-electron chi connectivity index (χ0n) is 12.9. The summed E-state index contributed by atoms with van der Waals surface area (Å²) < 4.78 is 0. The lowest BCUT2D eigenvalue weighted by Crippen LogP contribution is -2.29. The number of benzene rings is 2. The van der Waals surface area contributed by atoms with E-state index in [0.717, 1.165) is 12.0 Å². The Labute approximate surface area is 135 Å². The van der Waals surface area contributed by atoms with E-state index in [1.165, 1.54) is 16.8 Å². The van der Waals surface area contributed by atoms with E-state index < -0.39 is 0 Å². The van der Waals surface area contributed by atoms with Crippen LogP contribution in [0, 0.1) is 23.0 Å². The maximum absolute atomic E-state index is 10.9. The van der Waals surface area contributed by atoms with E-state index in [0.29, 0.717) is 11.8 Å². The number of aryl methyl sites for hydroxylation is 1. The van der Waals surface area contributed by atoms with E-state index in [-0.39, 0.29) is 16.7 Å². The van der Waals surface area contributed by atoms with Gasteiger partial charge in [-0.2, -0.15) is 0 Å². The Morgan fingerprint density at radius 3 is 2.70 bits per heavy atom. The van der Waals surface area contributed by atoms with Crippen molar-refractivity contribution in [3.8, 4) is 0 Å². The molecular formula is C19H18N2O2. The Bertz CT molecular complexity index is 796. The van der Waals surface area contributed by atoms with Gasteiger partial charge in [0.2, 0.25) is 0 Å². The summed E-state index contributed by atoms with van der Waals surface area (Å²) in [6.07, 6.45) is 5.60. The first-order chi connectivity index (χ1) is 11.1. The van der Waals surface area contributed by atoms with Gasteiger partial charge in [0.1, 0.15) is 0 Å². The third-order valence-electron chi connectivity index (χ3n) is 5.07. The van der Waals surface area contributed by atoms with Crippen LogP contribution in [0.5, 0.6) is 0 Å². The van der Waals surface area contributed by atoms with Crippen molar-refractivity contribution in [1.29, 1.82) is 0 Å². The summed E-state index contributed by atoms with van der Waals surface area (Å²) in [5.74, 6) is 0.886. The van der Waals surface area contributed by atoms with Crippen molar-refractivity contribution in [2.24, 2.45) is 5.92 Å². The van der Waals surface area contributed by atoms with E-state index in [1.54, 1.807) is 12.1 Å². The number of para-hydroxylation sites is 1. The predicted octanol–water partition coefficient (Wildman–Crippen LogP) is 4.73. The van der Waals surface area contributed by atoms with Crippen molar-refractivity contribution in [1.82, 2.24) is 0 Å².